The quantitative estimate of drug-likeness (QED) is 0.320. The molecule has 0 bridgehead atoms. The van der Waals surface area contributed by atoms with E-state index in [1.165, 1.54) is 22.2 Å². The van der Waals surface area contributed by atoms with Gasteiger partial charge in [0, 0.05) is 17.5 Å². The second-order valence-corrected chi connectivity index (χ2v) is 9.16. The Hall–Kier alpha value is -2.83. The van der Waals surface area contributed by atoms with Gasteiger partial charge in [0.25, 0.3) is 0 Å². The van der Waals surface area contributed by atoms with Gasteiger partial charge < -0.3 is 14.7 Å². The van der Waals surface area contributed by atoms with Crippen LogP contribution in [0.2, 0.25) is 0 Å². The van der Waals surface area contributed by atoms with Crippen LogP contribution in [-0.4, -0.2) is 22.8 Å². The summed E-state index contributed by atoms with van der Waals surface area (Å²) >= 11 is 6.67. The van der Waals surface area contributed by atoms with Gasteiger partial charge in [0.2, 0.25) is 0 Å². The maximum Gasteiger partial charge on any atom is 0.307 e. The van der Waals surface area contributed by atoms with Gasteiger partial charge in [-0.05, 0) is 71.8 Å². The summed E-state index contributed by atoms with van der Waals surface area (Å²) in [7, 11) is 0. The Morgan fingerprint density at radius 1 is 1.12 bits per heavy atom. The highest BCUT2D eigenvalue weighted by molar-refractivity contribution is 7.99. The number of anilines is 2. The summed E-state index contributed by atoms with van der Waals surface area (Å²) in [6.07, 6.45) is 2.06. The standard InChI is InChI=1S/C26H26N2O2S2/c1-15-5-7-18(8-6-15)24-17(3)25-22-11-20(27-14-31)10-9-19(22)13-28(32-4)26(25)16(2)21(24)12-23(29)30/h5-11,14H,12-13H2,1-4H3,(H,27,31)(H,29,30). The molecule has 2 N–H and O–H groups in total. The molecule has 0 saturated heterocycles. The van der Waals surface area contributed by atoms with E-state index in [1.807, 2.05) is 6.07 Å². The van der Waals surface area contributed by atoms with Crippen molar-refractivity contribution in [3.63, 3.8) is 0 Å². The Kier molecular flexibility index (Phi) is 6.26. The molecule has 4 rings (SSSR count). The lowest BCUT2D eigenvalue weighted by Crippen LogP contribution is -2.22. The fraction of sp³-hybridized carbons (Fsp3) is 0.231. The molecule has 0 amide bonds. The fourth-order valence-electron chi connectivity index (χ4n) is 4.67. The minimum atomic E-state index is -0.819. The van der Waals surface area contributed by atoms with Gasteiger partial charge in [-0.3, -0.25) is 4.79 Å². The molecule has 3 aromatic rings. The Morgan fingerprint density at radius 3 is 2.47 bits per heavy atom. The van der Waals surface area contributed by atoms with Gasteiger partial charge in [0.15, 0.2) is 0 Å². The van der Waals surface area contributed by atoms with Gasteiger partial charge in [-0.15, -0.1) is 0 Å². The lowest BCUT2D eigenvalue weighted by Gasteiger charge is -2.36. The van der Waals surface area contributed by atoms with Crippen LogP contribution >= 0.6 is 24.2 Å². The van der Waals surface area contributed by atoms with E-state index >= 15 is 0 Å². The SMILES string of the molecule is CSN1Cc2ccc(NC=S)cc2-c2c(C)c(-c3ccc(C)cc3)c(CC(=O)O)c(C)c21. The third kappa shape index (κ3) is 3.89. The van der Waals surface area contributed by atoms with Crippen molar-refractivity contribution >= 4 is 47.0 Å². The van der Waals surface area contributed by atoms with Crippen molar-refractivity contribution < 1.29 is 9.90 Å². The van der Waals surface area contributed by atoms with E-state index in [2.05, 4.69) is 73.0 Å². The van der Waals surface area contributed by atoms with Crippen LogP contribution in [0.1, 0.15) is 27.8 Å². The van der Waals surface area contributed by atoms with Gasteiger partial charge in [-0.1, -0.05) is 60.1 Å². The predicted octanol–water partition coefficient (Wildman–Crippen LogP) is 6.54. The molecule has 0 atom stereocenters. The summed E-state index contributed by atoms with van der Waals surface area (Å²) in [5, 5.41) is 12.9. The number of fused-ring (bicyclic) bond motifs is 3. The third-order valence-electron chi connectivity index (χ3n) is 6.15. The number of hydrogen-bond acceptors (Lipinski definition) is 4. The summed E-state index contributed by atoms with van der Waals surface area (Å²) in [6.45, 7) is 7.00. The van der Waals surface area contributed by atoms with Gasteiger partial charge in [-0.25, -0.2) is 0 Å². The topological polar surface area (TPSA) is 52.6 Å². The molecule has 1 aliphatic heterocycles. The van der Waals surface area contributed by atoms with Crippen LogP contribution in [0.25, 0.3) is 22.3 Å². The van der Waals surface area contributed by atoms with Crippen molar-refractivity contribution in [2.75, 3.05) is 15.9 Å². The number of thiocarbonyl (C=S) groups is 1. The first-order valence-corrected chi connectivity index (χ1v) is 12.1. The molecule has 0 fully saturated rings. The smallest absolute Gasteiger partial charge is 0.307 e. The van der Waals surface area contributed by atoms with E-state index in [9.17, 15) is 9.90 Å². The van der Waals surface area contributed by atoms with Crippen LogP contribution in [0.5, 0.6) is 0 Å². The molecule has 1 heterocycles. The lowest BCUT2D eigenvalue weighted by atomic mass is 9.81. The second kappa shape index (κ2) is 8.96. The van der Waals surface area contributed by atoms with Crippen LogP contribution < -0.4 is 9.62 Å². The normalized spacial score (nSPS) is 12.2. The van der Waals surface area contributed by atoms with Gasteiger partial charge >= 0.3 is 5.97 Å². The summed E-state index contributed by atoms with van der Waals surface area (Å²) in [4.78, 5) is 11.9. The largest absolute Gasteiger partial charge is 0.481 e. The number of benzene rings is 3. The zero-order valence-electron chi connectivity index (χ0n) is 18.7. The molecule has 0 saturated carbocycles. The monoisotopic (exact) mass is 462 g/mol. The molecular formula is C26H26N2O2S2. The first-order chi connectivity index (χ1) is 15.3. The van der Waals surface area contributed by atoms with Crippen molar-refractivity contribution in [2.24, 2.45) is 0 Å². The maximum absolute atomic E-state index is 11.9. The van der Waals surface area contributed by atoms with E-state index in [-0.39, 0.29) is 6.42 Å². The zero-order chi connectivity index (χ0) is 23.0. The van der Waals surface area contributed by atoms with Crippen LogP contribution in [0.15, 0.2) is 42.5 Å². The number of carboxylic acids is 1. The van der Waals surface area contributed by atoms with E-state index in [1.54, 1.807) is 11.9 Å². The number of nitrogens with one attached hydrogen (secondary N) is 1. The molecule has 0 spiro atoms. The van der Waals surface area contributed by atoms with Crippen LogP contribution in [-0.2, 0) is 17.8 Å². The molecule has 6 heteroatoms. The molecule has 32 heavy (non-hydrogen) atoms. The van der Waals surface area contributed by atoms with Crippen molar-refractivity contribution in [1.29, 1.82) is 0 Å². The van der Waals surface area contributed by atoms with Crippen molar-refractivity contribution in [3.05, 3.63) is 70.3 Å². The average molecular weight is 463 g/mol. The first-order valence-electron chi connectivity index (χ1n) is 10.5. The Bertz CT molecular complexity index is 1220. The van der Waals surface area contributed by atoms with Crippen molar-refractivity contribution in [3.8, 4) is 22.3 Å². The number of carbonyl (C=O) groups is 1. The maximum atomic E-state index is 11.9. The molecule has 1 aliphatic rings. The highest BCUT2D eigenvalue weighted by atomic mass is 32.2. The zero-order valence-corrected chi connectivity index (χ0v) is 20.3. The Balaban J connectivity index is 2.09. The predicted molar refractivity (Wildman–Crippen MR) is 140 cm³/mol. The Labute approximate surface area is 198 Å². The van der Waals surface area contributed by atoms with Crippen LogP contribution in [0, 0.1) is 20.8 Å². The summed E-state index contributed by atoms with van der Waals surface area (Å²) in [5.74, 6) is -0.819. The average Bonchev–Trinajstić information content (AvgIpc) is 2.77. The number of aryl methyl sites for hydroxylation is 1. The number of rotatable bonds is 6. The van der Waals surface area contributed by atoms with Gasteiger partial charge in [0.05, 0.1) is 24.1 Å². The molecule has 3 aromatic carbocycles. The minimum absolute atomic E-state index is 0.00918. The number of carboxylic acid groups (broad SMARTS) is 1. The van der Waals surface area contributed by atoms with Crippen LogP contribution in [0.4, 0.5) is 11.4 Å². The molecule has 0 aliphatic carbocycles. The number of aliphatic carboxylic acids is 1. The van der Waals surface area contributed by atoms with Crippen LogP contribution in [0.3, 0.4) is 0 Å². The lowest BCUT2D eigenvalue weighted by molar-refractivity contribution is -0.136. The van der Waals surface area contributed by atoms with E-state index in [4.69, 9.17) is 12.2 Å². The van der Waals surface area contributed by atoms with E-state index in [0.717, 1.165) is 51.3 Å². The third-order valence-corrected chi connectivity index (χ3v) is 7.02. The highest BCUT2D eigenvalue weighted by Gasteiger charge is 2.30. The molecular weight excluding hydrogens is 436 g/mol. The second-order valence-electron chi connectivity index (χ2n) is 8.12. The van der Waals surface area contributed by atoms with Crippen molar-refractivity contribution in [2.45, 2.75) is 33.7 Å². The van der Waals surface area contributed by atoms with E-state index in [0.29, 0.717) is 0 Å². The molecule has 0 unspecified atom stereocenters. The number of nitrogens with zero attached hydrogens (tertiary/aromatic N) is 1. The summed E-state index contributed by atoms with van der Waals surface area (Å²) < 4.78 is 2.27. The first kappa shape index (κ1) is 22.4. The summed E-state index contributed by atoms with van der Waals surface area (Å²) in [6, 6.07) is 14.7. The van der Waals surface area contributed by atoms with Crippen molar-refractivity contribution in [1.82, 2.24) is 0 Å². The highest BCUT2D eigenvalue weighted by Crippen LogP contribution is 2.50. The molecule has 164 valence electrons. The minimum Gasteiger partial charge on any atom is -0.481 e. The Morgan fingerprint density at radius 2 is 1.84 bits per heavy atom. The van der Waals surface area contributed by atoms with E-state index < -0.39 is 5.97 Å². The summed E-state index contributed by atoms with van der Waals surface area (Å²) in [5.41, 5.74) is 13.4. The fourth-order valence-corrected chi connectivity index (χ4v) is 5.48. The van der Waals surface area contributed by atoms with Gasteiger partial charge in [-0.2, -0.15) is 0 Å². The number of hydrogen-bond donors (Lipinski definition) is 2. The van der Waals surface area contributed by atoms with Gasteiger partial charge in [0.1, 0.15) is 0 Å². The molecule has 0 aromatic heterocycles. The molecule has 4 nitrogen and oxygen atoms in total. The molecule has 0 radical (unpaired) electrons.